The Kier molecular flexibility index (Phi) is 3.70. The van der Waals surface area contributed by atoms with Gasteiger partial charge in [-0.1, -0.05) is 62.1 Å². The summed E-state index contributed by atoms with van der Waals surface area (Å²) < 4.78 is 5.52. The predicted molar refractivity (Wildman–Crippen MR) is 94.5 cm³/mol. The summed E-state index contributed by atoms with van der Waals surface area (Å²) in [4.78, 5) is 9.46. The van der Waals surface area contributed by atoms with E-state index in [1.54, 1.807) is 7.11 Å². The fourth-order valence-corrected chi connectivity index (χ4v) is 4.10. The van der Waals surface area contributed by atoms with Gasteiger partial charge in [0.25, 0.3) is 0 Å². The van der Waals surface area contributed by atoms with Crippen LogP contribution in [0.3, 0.4) is 0 Å². The van der Waals surface area contributed by atoms with Crippen molar-refractivity contribution in [3.63, 3.8) is 0 Å². The minimum atomic E-state index is -1.50. The van der Waals surface area contributed by atoms with Crippen molar-refractivity contribution in [1.29, 1.82) is 0 Å². The Morgan fingerprint density at radius 2 is 1.59 bits per heavy atom. The van der Waals surface area contributed by atoms with E-state index in [9.17, 15) is 0 Å². The number of nitrogens with zero attached hydrogens (tertiary/aromatic N) is 2. The monoisotopic (exact) mass is 308 g/mol. The van der Waals surface area contributed by atoms with E-state index < -0.39 is 8.07 Å². The maximum Gasteiger partial charge on any atom is 0.224 e. The van der Waals surface area contributed by atoms with Gasteiger partial charge in [-0.3, -0.25) is 0 Å². The second kappa shape index (κ2) is 5.53. The standard InChI is InChI=1S/C18H20N2OSi/c1-21-18-14-11-8-12-15(22(2,3)4)16(14)19-17(20-18)13-9-6-5-7-10-13/h5-12H,1-4H3. The molecule has 2 aromatic carbocycles. The highest BCUT2D eigenvalue weighted by Gasteiger charge is 2.22. The fraction of sp³-hybridized carbons (Fsp3) is 0.222. The molecular formula is C18H20N2OSi. The van der Waals surface area contributed by atoms with Gasteiger partial charge in [0.1, 0.15) is 0 Å². The molecule has 0 saturated heterocycles. The average Bonchev–Trinajstić information content (AvgIpc) is 2.53. The summed E-state index contributed by atoms with van der Waals surface area (Å²) >= 11 is 0. The summed E-state index contributed by atoms with van der Waals surface area (Å²) in [5.41, 5.74) is 2.03. The van der Waals surface area contributed by atoms with E-state index in [1.807, 2.05) is 36.4 Å². The lowest BCUT2D eigenvalue weighted by molar-refractivity contribution is 0.403. The molecule has 0 amide bonds. The molecule has 0 aliphatic carbocycles. The molecule has 4 heteroatoms. The molecule has 1 aromatic heterocycles. The summed E-state index contributed by atoms with van der Waals surface area (Å²) in [5.74, 6) is 1.36. The number of hydrogen-bond acceptors (Lipinski definition) is 3. The van der Waals surface area contributed by atoms with E-state index in [0.29, 0.717) is 5.88 Å². The molecule has 22 heavy (non-hydrogen) atoms. The summed E-state index contributed by atoms with van der Waals surface area (Å²) in [5, 5.41) is 2.32. The first kappa shape index (κ1) is 14.7. The highest BCUT2D eigenvalue weighted by Crippen LogP contribution is 2.26. The Balaban J connectivity index is 2.34. The number of aromatic nitrogens is 2. The molecule has 0 bridgehead atoms. The van der Waals surface area contributed by atoms with Gasteiger partial charge in [-0.05, 0) is 11.3 Å². The summed E-state index contributed by atoms with van der Waals surface area (Å²) in [6, 6.07) is 16.3. The molecule has 112 valence electrons. The SMILES string of the molecule is COc1nc(-c2ccccc2)nc2c([Si](C)(C)C)cccc12. The second-order valence-corrected chi connectivity index (χ2v) is 11.4. The Morgan fingerprint density at radius 3 is 2.23 bits per heavy atom. The van der Waals surface area contributed by atoms with Crippen molar-refractivity contribution in [2.24, 2.45) is 0 Å². The number of ether oxygens (including phenoxy) is 1. The van der Waals surface area contributed by atoms with E-state index in [4.69, 9.17) is 9.72 Å². The van der Waals surface area contributed by atoms with Crippen LogP contribution in [0, 0.1) is 0 Å². The van der Waals surface area contributed by atoms with E-state index >= 15 is 0 Å². The Bertz CT molecular complexity index is 810. The van der Waals surface area contributed by atoms with Gasteiger partial charge in [0.05, 0.1) is 26.1 Å². The van der Waals surface area contributed by atoms with Crippen LogP contribution in [0.1, 0.15) is 0 Å². The highest BCUT2D eigenvalue weighted by atomic mass is 28.3. The smallest absolute Gasteiger partial charge is 0.224 e. The number of hydrogen-bond donors (Lipinski definition) is 0. The van der Waals surface area contributed by atoms with Crippen LogP contribution in [-0.4, -0.2) is 25.2 Å². The predicted octanol–water partition coefficient (Wildman–Crippen LogP) is 3.85. The van der Waals surface area contributed by atoms with Crippen molar-refractivity contribution < 1.29 is 4.74 Å². The number of fused-ring (bicyclic) bond motifs is 1. The maximum atomic E-state index is 5.52. The van der Waals surface area contributed by atoms with Gasteiger partial charge in [0.2, 0.25) is 5.88 Å². The largest absolute Gasteiger partial charge is 0.480 e. The highest BCUT2D eigenvalue weighted by molar-refractivity contribution is 6.90. The van der Waals surface area contributed by atoms with E-state index in [2.05, 4.69) is 36.8 Å². The van der Waals surface area contributed by atoms with Gasteiger partial charge >= 0.3 is 0 Å². The van der Waals surface area contributed by atoms with Crippen LogP contribution in [0.2, 0.25) is 19.6 Å². The lowest BCUT2D eigenvalue weighted by Crippen LogP contribution is -2.38. The quantitative estimate of drug-likeness (QED) is 0.689. The molecule has 0 atom stereocenters. The zero-order valence-electron chi connectivity index (χ0n) is 13.4. The first-order valence-electron chi connectivity index (χ1n) is 7.41. The van der Waals surface area contributed by atoms with Crippen LogP contribution in [0.4, 0.5) is 0 Å². The molecule has 3 rings (SSSR count). The first-order chi connectivity index (χ1) is 10.5. The molecule has 0 fully saturated rings. The molecule has 0 unspecified atom stereocenters. The third-order valence-electron chi connectivity index (χ3n) is 3.72. The van der Waals surface area contributed by atoms with Crippen molar-refractivity contribution >= 4 is 24.2 Å². The van der Waals surface area contributed by atoms with Crippen LogP contribution in [-0.2, 0) is 0 Å². The number of rotatable bonds is 3. The zero-order valence-corrected chi connectivity index (χ0v) is 14.4. The Hall–Kier alpha value is -2.20. The molecular weight excluding hydrogens is 288 g/mol. The van der Waals surface area contributed by atoms with Gasteiger partial charge in [-0.25, -0.2) is 4.98 Å². The Labute approximate surface area is 132 Å². The van der Waals surface area contributed by atoms with Crippen molar-refractivity contribution in [3.8, 4) is 17.3 Å². The minimum absolute atomic E-state index is 0.643. The van der Waals surface area contributed by atoms with Crippen LogP contribution >= 0.6 is 0 Å². The molecule has 0 N–H and O–H groups in total. The van der Waals surface area contributed by atoms with Crippen LogP contribution < -0.4 is 9.92 Å². The average molecular weight is 308 g/mol. The van der Waals surface area contributed by atoms with E-state index in [0.717, 1.165) is 22.3 Å². The van der Waals surface area contributed by atoms with E-state index in [1.165, 1.54) is 5.19 Å². The molecule has 0 saturated carbocycles. The molecule has 0 spiro atoms. The van der Waals surface area contributed by atoms with Crippen LogP contribution in [0.5, 0.6) is 5.88 Å². The third-order valence-corrected chi connectivity index (χ3v) is 5.74. The molecule has 0 aliphatic rings. The maximum absolute atomic E-state index is 5.52. The molecule has 0 radical (unpaired) electrons. The topological polar surface area (TPSA) is 35.0 Å². The lowest BCUT2D eigenvalue weighted by Gasteiger charge is -2.19. The van der Waals surface area contributed by atoms with Crippen molar-refractivity contribution in [2.45, 2.75) is 19.6 Å². The van der Waals surface area contributed by atoms with Gasteiger partial charge in [0.15, 0.2) is 5.82 Å². The molecule has 3 aromatic rings. The van der Waals surface area contributed by atoms with E-state index in [-0.39, 0.29) is 0 Å². The van der Waals surface area contributed by atoms with Crippen molar-refractivity contribution in [3.05, 3.63) is 48.5 Å². The summed E-state index contributed by atoms with van der Waals surface area (Å²) in [6.07, 6.45) is 0. The van der Waals surface area contributed by atoms with Gasteiger partial charge < -0.3 is 4.74 Å². The first-order valence-corrected chi connectivity index (χ1v) is 10.9. The second-order valence-electron chi connectivity index (χ2n) is 6.37. The van der Waals surface area contributed by atoms with Crippen molar-refractivity contribution in [2.75, 3.05) is 7.11 Å². The third kappa shape index (κ3) is 2.62. The fourth-order valence-electron chi connectivity index (χ4n) is 2.60. The zero-order chi connectivity index (χ0) is 15.7. The molecule has 3 nitrogen and oxygen atoms in total. The van der Waals surface area contributed by atoms with Gasteiger partial charge in [-0.15, -0.1) is 0 Å². The number of methoxy groups -OCH3 is 1. The van der Waals surface area contributed by atoms with Gasteiger partial charge in [-0.2, -0.15) is 4.98 Å². The summed E-state index contributed by atoms with van der Waals surface area (Å²) in [6.45, 7) is 7.00. The lowest BCUT2D eigenvalue weighted by atomic mass is 10.2. The normalized spacial score (nSPS) is 11.6. The minimum Gasteiger partial charge on any atom is -0.480 e. The Morgan fingerprint density at radius 1 is 0.864 bits per heavy atom. The number of benzene rings is 2. The van der Waals surface area contributed by atoms with Crippen LogP contribution in [0.25, 0.3) is 22.3 Å². The summed E-state index contributed by atoms with van der Waals surface area (Å²) in [7, 11) is 0.161. The molecule has 1 heterocycles. The molecule has 0 aliphatic heterocycles. The number of para-hydroxylation sites is 1. The van der Waals surface area contributed by atoms with Crippen LogP contribution in [0.15, 0.2) is 48.5 Å². The van der Waals surface area contributed by atoms with Crippen molar-refractivity contribution in [1.82, 2.24) is 9.97 Å². The van der Waals surface area contributed by atoms with Gasteiger partial charge in [0, 0.05) is 5.56 Å².